The summed E-state index contributed by atoms with van der Waals surface area (Å²) < 4.78 is 0. The van der Waals surface area contributed by atoms with Gasteiger partial charge < -0.3 is 21.1 Å². The van der Waals surface area contributed by atoms with E-state index in [-0.39, 0.29) is 12.0 Å². The Bertz CT molecular complexity index is 490. The molecule has 0 saturated carbocycles. The SMILES string of the molecule is CCNC(=O)c1ccc(N2CCC(C)C(O)C2)c(N)c1. The van der Waals surface area contributed by atoms with Gasteiger partial charge in [0.05, 0.1) is 17.5 Å². The van der Waals surface area contributed by atoms with Gasteiger partial charge in [0, 0.05) is 25.2 Å². The van der Waals surface area contributed by atoms with Crippen LogP contribution in [0.1, 0.15) is 30.6 Å². The van der Waals surface area contributed by atoms with Crippen molar-refractivity contribution >= 4 is 17.3 Å². The van der Waals surface area contributed by atoms with Gasteiger partial charge in [-0.25, -0.2) is 0 Å². The zero-order valence-electron chi connectivity index (χ0n) is 12.1. The number of amides is 1. The summed E-state index contributed by atoms with van der Waals surface area (Å²) in [6.45, 7) is 6.00. The summed E-state index contributed by atoms with van der Waals surface area (Å²) in [5.41, 5.74) is 8.10. The van der Waals surface area contributed by atoms with E-state index in [4.69, 9.17) is 5.73 Å². The number of piperidine rings is 1. The van der Waals surface area contributed by atoms with E-state index < -0.39 is 0 Å². The van der Waals surface area contributed by atoms with Crippen LogP contribution in [0.3, 0.4) is 0 Å². The number of rotatable bonds is 3. The normalized spacial score (nSPS) is 22.6. The largest absolute Gasteiger partial charge is 0.397 e. The lowest BCUT2D eigenvalue weighted by atomic mass is 9.95. The number of nitrogens with one attached hydrogen (secondary N) is 1. The summed E-state index contributed by atoms with van der Waals surface area (Å²) in [7, 11) is 0. The van der Waals surface area contributed by atoms with E-state index in [9.17, 15) is 9.90 Å². The van der Waals surface area contributed by atoms with Crippen LogP contribution >= 0.6 is 0 Å². The molecule has 4 N–H and O–H groups in total. The number of nitrogen functional groups attached to an aromatic ring is 1. The maximum Gasteiger partial charge on any atom is 0.251 e. The number of aliphatic hydroxyl groups is 1. The van der Waals surface area contributed by atoms with Crippen LogP contribution in [0.5, 0.6) is 0 Å². The number of β-amino-alcohol motifs (C(OH)–C–C–N with tert-alkyl or cyclic N) is 1. The van der Waals surface area contributed by atoms with Gasteiger partial charge in [0.15, 0.2) is 0 Å². The molecule has 1 amide bonds. The Kier molecular flexibility index (Phi) is 4.49. The van der Waals surface area contributed by atoms with Gasteiger partial charge >= 0.3 is 0 Å². The quantitative estimate of drug-likeness (QED) is 0.726. The van der Waals surface area contributed by atoms with Crippen molar-refractivity contribution in [3.05, 3.63) is 23.8 Å². The van der Waals surface area contributed by atoms with Gasteiger partial charge in [-0.05, 0) is 37.5 Å². The summed E-state index contributed by atoms with van der Waals surface area (Å²) in [4.78, 5) is 13.8. The van der Waals surface area contributed by atoms with Crippen LogP contribution in [-0.4, -0.2) is 36.8 Å². The molecule has 1 aliphatic heterocycles. The summed E-state index contributed by atoms with van der Waals surface area (Å²) in [5.74, 6) is 0.208. The molecule has 1 fully saturated rings. The molecule has 2 atom stereocenters. The van der Waals surface area contributed by atoms with Crippen LogP contribution in [-0.2, 0) is 0 Å². The fourth-order valence-corrected chi connectivity index (χ4v) is 2.51. The highest BCUT2D eigenvalue weighted by atomic mass is 16.3. The summed E-state index contributed by atoms with van der Waals surface area (Å²) in [6.07, 6.45) is 0.616. The summed E-state index contributed by atoms with van der Waals surface area (Å²) in [6, 6.07) is 5.34. The van der Waals surface area contributed by atoms with Crippen molar-refractivity contribution in [1.29, 1.82) is 0 Å². The first-order valence-electron chi connectivity index (χ1n) is 7.13. The molecule has 5 nitrogen and oxygen atoms in total. The zero-order chi connectivity index (χ0) is 14.7. The Balaban J connectivity index is 2.16. The smallest absolute Gasteiger partial charge is 0.251 e. The molecule has 1 aromatic carbocycles. The van der Waals surface area contributed by atoms with E-state index in [1.165, 1.54) is 0 Å². The Morgan fingerprint density at radius 2 is 2.30 bits per heavy atom. The Hall–Kier alpha value is -1.75. The van der Waals surface area contributed by atoms with E-state index in [1.807, 2.05) is 13.0 Å². The van der Waals surface area contributed by atoms with Gasteiger partial charge in [0.25, 0.3) is 5.91 Å². The molecular weight excluding hydrogens is 254 g/mol. The highest BCUT2D eigenvalue weighted by Gasteiger charge is 2.25. The standard InChI is InChI=1S/C15H23N3O2/c1-3-17-15(20)11-4-5-13(12(16)8-11)18-7-6-10(2)14(19)9-18/h4-5,8,10,14,19H,3,6-7,9,16H2,1-2H3,(H,17,20). The van der Waals surface area contributed by atoms with Gasteiger partial charge in [-0.15, -0.1) is 0 Å². The first kappa shape index (κ1) is 14.7. The van der Waals surface area contributed by atoms with Crippen molar-refractivity contribution in [2.24, 2.45) is 5.92 Å². The summed E-state index contributed by atoms with van der Waals surface area (Å²) >= 11 is 0. The molecule has 2 unspecified atom stereocenters. The van der Waals surface area contributed by atoms with Gasteiger partial charge in [-0.1, -0.05) is 6.92 Å². The van der Waals surface area contributed by atoms with E-state index in [0.29, 0.717) is 30.3 Å². The molecule has 1 saturated heterocycles. The van der Waals surface area contributed by atoms with Crippen molar-refractivity contribution < 1.29 is 9.90 Å². The highest BCUT2D eigenvalue weighted by Crippen LogP contribution is 2.28. The molecule has 0 aliphatic carbocycles. The number of carbonyl (C=O) groups is 1. The Morgan fingerprint density at radius 3 is 2.90 bits per heavy atom. The topological polar surface area (TPSA) is 78.6 Å². The fraction of sp³-hybridized carbons (Fsp3) is 0.533. The molecule has 20 heavy (non-hydrogen) atoms. The zero-order valence-corrected chi connectivity index (χ0v) is 12.1. The van der Waals surface area contributed by atoms with Gasteiger partial charge in [-0.2, -0.15) is 0 Å². The number of carbonyl (C=O) groups excluding carboxylic acids is 1. The predicted molar refractivity (Wildman–Crippen MR) is 80.9 cm³/mol. The molecule has 1 heterocycles. The van der Waals surface area contributed by atoms with Crippen LogP contribution in [0, 0.1) is 5.92 Å². The van der Waals surface area contributed by atoms with E-state index in [0.717, 1.165) is 18.7 Å². The number of nitrogens with zero attached hydrogens (tertiary/aromatic N) is 1. The van der Waals surface area contributed by atoms with Crippen molar-refractivity contribution in [3.63, 3.8) is 0 Å². The molecule has 0 radical (unpaired) electrons. The van der Waals surface area contributed by atoms with Crippen molar-refractivity contribution in [1.82, 2.24) is 5.32 Å². The maximum absolute atomic E-state index is 11.8. The fourth-order valence-electron chi connectivity index (χ4n) is 2.51. The van der Waals surface area contributed by atoms with E-state index >= 15 is 0 Å². The second-order valence-corrected chi connectivity index (χ2v) is 5.41. The Labute approximate surface area is 119 Å². The molecule has 0 spiro atoms. The third-order valence-electron chi connectivity index (χ3n) is 3.89. The predicted octanol–water partition coefficient (Wildman–Crippen LogP) is 1.23. The molecule has 2 rings (SSSR count). The molecule has 0 aromatic heterocycles. The second-order valence-electron chi connectivity index (χ2n) is 5.41. The molecule has 1 aliphatic rings. The number of hydrogen-bond acceptors (Lipinski definition) is 4. The van der Waals surface area contributed by atoms with E-state index in [2.05, 4.69) is 17.1 Å². The van der Waals surface area contributed by atoms with Crippen LogP contribution in [0.25, 0.3) is 0 Å². The maximum atomic E-state index is 11.8. The second kappa shape index (κ2) is 6.13. The molecule has 1 aromatic rings. The van der Waals surface area contributed by atoms with Gasteiger partial charge in [-0.3, -0.25) is 4.79 Å². The lowest BCUT2D eigenvalue weighted by Gasteiger charge is -2.36. The third kappa shape index (κ3) is 3.04. The van der Waals surface area contributed by atoms with Crippen molar-refractivity contribution in [3.8, 4) is 0 Å². The van der Waals surface area contributed by atoms with Crippen LogP contribution in [0.15, 0.2) is 18.2 Å². The van der Waals surface area contributed by atoms with Crippen molar-refractivity contribution in [2.45, 2.75) is 26.4 Å². The monoisotopic (exact) mass is 277 g/mol. The van der Waals surface area contributed by atoms with Gasteiger partial charge in [0.2, 0.25) is 0 Å². The van der Waals surface area contributed by atoms with Crippen LogP contribution in [0.4, 0.5) is 11.4 Å². The average molecular weight is 277 g/mol. The highest BCUT2D eigenvalue weighted by molar-refractivity contribution is 5.96. The Morgan fingerprint density at radius 1 is 1.55 bits per heavy atom. The third-order valence-corrected chi connectivity index (χ3v) is 3.89. The lowest BCUT2D eigenvalue weighted by Crippen LogP contribution is -2.43. The molecular formula is C15H23N3O2. The van der Waals surface area contributed by atoms with E-state index in [1.54, 1.807) is 12.1 Å². The number of benzene rings is 1. The first-order valence-corrected chi connectivity index (χ1v) is 7.13. The molecule has 110 valence electrons. The summed E-state index contributed by atoms with van der Waals surface area (Å²) in [5, 5.41) is 12.7. The minimum atomic E-state index is -0.328. The number of hydrogen-bond donors (Lipinski definition) is 3. The minimum Gasteiger partial charge on any atom is -0.397 e. The minimum absolute atomic E-state index is 0.113. The van der Waals surface area contributed by atoms with Gasteiger partial charge in [0.1, 0.15) is 0 Å². The first-order chi connectivity index (χ1) is 9.52. The lowest BCUT2D eigenvalue weighted by molar-refractivity contribution is 0.0955. The van der Waals surface area contributed by atoms with Crippen LogP contribution < -0.4 is 16.0 Å². The molecule has 5 heteroatoms. The van der Waals surface area contributed by atoms with Crippen molar-refractivity contribution in [2.75, 3.05) is 30.3 Å². The number of nitrogens with two attached hydrogens (primary N) is 1. The average Bonchev–Trinajstić information content (AvgIpc) is 2.42. The number of aliphatic hydroxyl groups excluding tert-OH is 1. The number of anilines is 2. The molecule has 0 bridgehead atoms. The van der Waals surface area contributed by atoms with Crippen LogP contribution in [0.2, 0.25) is 0 Å².